The van der Waals surface area contributed by atoms with Crippen LogP contribution in [0.4, 0.5) is 0 Å². The van der Waals surface area contributed by atoms with Gasteiger partial charge in [-0.15, -0.1) is 10.2 Å². The number of guanidine groups is 1. The average Bonchev–Trinajstić information content (AvgIpc) is 2.83. The van der Waals surface area contributed by atoms with E-state index in [4.69, 9.17) is 0 Å². The molecule has 1 aliphatic heterocycles. The Morgan fingerprint density at radius 3 is 2.50 bits per heavy atom. The van der Waals surface area contributed by atoms with Gasteiger partial charge < -0.3 is 15.2 Å². The van der Waals surface area contributed by atoms with Crippen molar-refractivity contribution in [2.24, 2.45) is 4.99 Å². The van der Waals surface area contributed by atoms with Crippen LogP contribution in [-0.2, 0) is 19.4 Å². The molecule has 26 heavy (non-hydrogen) atoms. The predicted octanol–water partition coefficient (Wildman–Crippen LogP) is 1.83. The molecule has 0 radical (unpaired) electrons. The van der Waals surface area contributed by atoms with Crippen molar-refractivity contribution in [1.29, 1.82) is 0 Å². The summed E-state index contributed by atoms with van der Waals surface area (Å²) in [5, 5.41) is 15.6. The van der Waals surface area contributed by atoms with Gasteiger partial charge in [-0.2, -0.15) is 0 Å². The fraction of sp³-hybridized carbons (Fsp3) is 0.842. The Morgan fingerprint density at radius 2 is 1.81 bits per heavy atom. The van der Waals surface area contributed by atoms with Gasteiger partial charge in [-0.3, -0.25) is 9.89 Å². The summed E-state index contributed by atoms with van der Waals surface area (Å²) in [7, 11) is 1.82. The maximum absolute atomic E-state index is 4.39. The Hall–Kier alpha value is -1.63. The summed E-state index contributed by atoms with van der Waals surface area (Å²) in [5.74, 6) is 3.10. The molecule has 7 nitrogen and oxygen atoms in total. The van der Waals surface area contributed by atoms with Crippen LogP contribution in [0.3, 0.4) is 0 Å². The molecule has 0 aliphatic carbocycles. The van der Waals surface area contributed by atoms with Gasteiger partial charge in [-0.05, 0) is 40.5 Å². The maximum Gasteiger partial charge on any atom is 0.191 e. The van der Waals surface area contributed by atoms with Crippen molar-refractivity contribution in [2.75, 3.05) is 26.7 Å². The lowest BCUT2D eigenvalue weighted by Crippen LogP contribution is -2.45. The Morgan fingerprint density at radius 1 is 1.08 bits per heavy atom. The van der Waals surface area contributed by atoms with Gasteiger partial charge in [0.2, 0.25) is 0 Å². The zero-order valence-electron chi connectivity index (χ0n) is 17.3. The summed E-state index contributed by atoms with van der Waals surface area (Å²) in [6.45, 7) is 12.7. The van der Waals surface area contributed by atoms with Crippen molar-refractivity contribution in [1.82, 2.24) is 30.3 Å². The van der Waals surface area contributed by atoms with Crippen LogP contribution in [0.25, 0.3) is 0 Å². The minimum absolute atomic E-state index is 0.551. The molecular weight excluding hydrogens is 326 g/mol. The first-order valence-electron chi connectivity index (χ1n) is 10.1. The molecule has 0 bridgehead atoms. The minimum atomic E-state index is 0.551. The number of aromatic nitrogens is 3. The van der Waals surface area contributed by atoms with Crippen LogP contribution >= 0.6 is 0 Å². The molecule has 1 aliphatic rings. The number of hydrogen-bond acceptors (Lipinski definition) is 4. The van der Waals surface area contributed by atoms with Crippen molar-refractivity contribution in [3.63, 3.8) is 0 Å². The van der Waals surface area contributed by atoms with Crippen molar-refractivity contribution in [3.8, 4) is 0 Å². The molecule has 0 atom stereocenters. The van der Waals surface area contributed by atoms with Crippen LogP contribution < -0.4 is 10.6 Å². The molecule has 1 aromatic heterocycles. The summed E-state index contributed by atoms with van der Waals surface area (Å²) >= 11 is 0. The first kappa shape index (κ1) is 20.7. The number of aliphatic imine (C=N–C) groups is 1. The second-order valence-electron chi connectivity index (χ2n) is 7.60. The quantitative estimate of drug-likeness (QED) is 0.545. The summed E-state index contributed by atoms with van der Waals surface area (Å²) < 4.78 is 2.31. The number of nitrogens with one attached hydrogen (secondary N) is 2. The molecule has 2 rings (SSSR count). The smallest absolute Gasteiger partial charge is 0.191 e. The first-order chi connectivity index (χ1) is 12.5. The zero-order chi connectivity index (χ0) is 18.9. The molecule has 0 saturated carbocycles. The van der Waals surface area contributed by atoms with Crippen molar-refractivity contribution >= 4 is 5.96 Å². The second kappa shape index (κ2) is 10.5. The highest BCUT2D eigenvalue weighted by atomic mass is 15.3. The third-order valence-corrected chi connectivity index (χ3v) is 5.04. The van der Waals surface area contributed by atoms with E-state index < -0.39 is 0 Å². The molecule has 2 heterocycles. The van der Waals surface area contributed by atoms with E-state index >= 15 is 0 Å². The number of aryl methyl sites for hydroxylation is 1. The SMILES string of the molecule is CN=C(NCCc1nnc2n1CCCCC2)NCCN(C(C)C)C(C)C. The fourth-order valence-electron chi connectivity index (χ4n) is 3.66. The molecular formula is C19H37N7. The van der Waals surface area contributed by atoms with E-state index in [1.807, 2.05) is 7.05 Å². The minimum Gasteiger partial charge on any atom is -0.356 e. The molecule has 148 valence electrons. The molecule has 0 unspecified atom stereocenters. The van der Waals surface area contributed by atoms with Crippen LogP contribution in [0.15, 0.2) is 4.99 Å². The van der Waals surface area contributed by atoms with Gasteiger partial charge in [-0.1, -0.05) is 6.42 Å². The molecule has 1 aromatic rings. The standard InChI is InChI=1S/C19H37N7/c1-15(2)25(16(3)4)14-12-22-19(20-5)21-11-10-18-24-23-17-9-7-6-8-13-26(17)18/h15-16H,6-14H2,1-5H3,(H2,20,21,22). The normalized spacial score (nSPS) is 15.5. The van der Waals surface area contributed by atoms with E-state index in [0.29, 0.717) is 12.1 Å². The predicted molar refractivity (Wildman–Crippen MR) is 108 cm³/mol. The van der Waals surface area contributed by atoms with Gasteiger partial charge in [-0.25, -0.2) is 0 Å². The van der Waals surface area contributed by atoms with E-state index in [-0.39, 0.29) is 0 Å². The van der Waals surface area contributed by atoms with Crippen LogP contribution in [0.1, 0.15) is 58.6 Å². The molecule has 7 heteroatoms. The summed E-state index contributed by atoms with van der Waals surface area (Å²) in [6, 6.07) is 1.10. The molecule has 0 spiro atoms. The Labute approximate surface area is 158 Å². The van der Waals surface area contributed by atoms with E-state index in [2.05, 4.69) is 63.0 Å². The largest absolute Gasteiger partial charge is 0.356 e. The lowest BCUT2D eigenvalue weighted by Gasteiger charge is -2.30. The molecule has 0 fully saturated rings. The van der Waals surface area contributed by atoms with Gasteiger partial charge in [0.1, 0.15) is 11.6 Å². The fourth-order valence-corrected chi connectivity index (χ4v) is 3.66. The molecule has 2 N–H and O–H groups in total. The van der Waals surface area contributed by atoms with Gasteiger partial charge >= 0.3 is 0 Å². The first-order valence-corrected chi connectivity index (χ1v) is 10.1. The van der Waals surface area contributed by atoms with Crippen molar-refractivity contribution in [3.05, 3.63) is 11.6 Å². The van der Waals surface area contributed by atoms with E-state index in [1.54, 1.807) is 0 Å². The Balaban J connectivity index is 1.75. The van der Waals surface area contributed by atoms with Crippen LogP contribution in [0, 0.1) is 0 Å². The lowest BCUT2D eigenvalue weighted by molar-refractivity contribution is 0.178. The third-order valence-electron chi connectivity index (χ3n) is 5.04. The van der Waals surface area contributed by atoms with Crippen LogP contribution in [-0.4, -0.2) is 64.4 Å². The number of rotatable bonds is 8. The third kappa shape index (κ3) is 5.97. The number of nitrogens with zero attached hydrogens (tertiary/aromatic N) is 5. The average molecular weight is 364 g/mol. The van der Waals surface area contributed by atoms with E-state index in [1.165, 1.54) is 19.3 Å². The van der Waals surface area contributed by atoms with Gasteiger partial charge in [0.25, 0.3) is 0 Å². The Bertz CT molecular complexity index is 554. The van der Waals surface area contributed by atoms with Crippen molar-refractivity contribution < 1.29 is 0 Å². The molecule has 0 aromatic carbocycles. The van der Waals surface area contributed by atoms with E-state index in [0.717, 1.165) is 56.6 Å². The summed E-state index contributed by atoms with van der Waals surface area (Å²) in [5.41, 5.74) is 0. The van der Waals surface area contributed by atoms with E-state index in [9.17, 15) is 0 Å². The topological polar surface area (TPSA) is 70.4 Å². The lowest BCUT2D eigenvalue weighted by atomic mass is 10.2. The summed E-state index contributed by atoms with van der Waals surface area (Å²) in [4.78, 5) is 6.81. The highest BCUT2D eigenvalue weighted by molar-refractivity contribution is 5.79. The van der Waals surface area contributed by atoms with Crippen LogP contribution in [0.2, 0.25) is 0 Å². The highest BCUT2D eigenvalue weighted by Gasteiger charge is 2.15. The highest BCUT2D eigenvalue weighted by Crippen LogP contribution is 2.14. The van der Waals surface area contributed by atoms with Crippen LogP contribution in [0.5, 0.6) is 0 Å². The number of fused-ring (bicyclic) bond motifs is 1. The maximum atomic E-state index is 4.39. The monoisotopic (exact) mass is 363 g/mol. The van der Waals surface area contributed by atoms with Gasteiger partial charge in [0.15, 0.2) is 5.96 Å². The molecule has 0 saturated heterocycles. The summed E-state index contributed by atoms with van der Waals surface area (Å²) in [6.07, 6.45) is 5.69. The van der Waals surface area contributed by atoms with Crippen molar-refractivity contribution in [2.45, 2.75) is 78.4 Å². The second-order valence-corrected chi connectivity index (χ2v) is 7.60. The van der Waals surface area contributed by atoms with Gasteiger partial charge in [0.05, 0.1) is 0 Å². The Kier molecular flexibility index (Phi) is 8.35. The van der Waals surface area contributed by atoms with Gasteiger partial charge in [0, 0.05) is 58.2 Å². The zero-order valence-corrected chi connectivity index (χ0v) is 17.3. The number of hydrogen-bond donors (Lipinski definition) is 2. The molecule has 0 amide bonds.